The Labute approximate surface area is 195 Å². The molecule has 0 radical (unpaired) electrons. The van der Waals surface area contributed by atoms with Gasteiger partial charge >= 0.3 is 0 Å². The molecule has 2 nitrogen and oxygen atoms in total. The van der Waals surface area contributed by atoms with Crippen molar-refractivity contribution >= 4 is 14.5 Å². The summed E-state index contributed by atoms with van der Waals surface area (Å²) in [6.45, 7) is 6.37. The molecule has 2 aromatic rings. The van der Waals surface area contributed by atoms with Crippen LogP contribution in [0.1, 0.15) is 16.7 Å². The van der Waals surface area contributed by atoms with E-state index in [9.17, 15) is 0 Å². The fraction of sp³-hybridized carbons (Fsp3) is 0.294. The molecular weight excluding hydrogens is 347 g/mol. The van der Waals surface area contributed by atoms with Crippen molar-refractivity contribution in [3.8, 4) is 22.6 Å². The summed E-state index contributed by atoms with van der Waals surface area (Å²) in [6, 6.07) is 8.29. The van der Waals surface area contributed by atoms with Crippen LogP contribution in [0.25, 0.3) is 11.1 Å². The van der Waals surface area contributed by atoms with Gasteiger partial charge in [-0.3, -0.25) is 0 Å². The average molecular weight is 368 g/mol. The maximum absolute atomic E-state index is 5.34. The first-order valence-corrected chi connectivity index (χ1v) is 7.15. The van der Waals surface area contributed by atoms with Gasteiger partial charge in [0.2, 0.25) is 0 Å². The Kier molecular flexibility index (Phi) is 10.5. The molecule has 22 heavy (non-hydrogen) atoms. The zero-order chi connectivity index (χ0) is 14.9. The van der Waals surface area contributed by atoms with Crippen LogP contribution in [-0.2, 0) is 0 Å². The van der Waals surface area contributed by atoms with Crippen molar-refractivity contribution in [3.63, 3.8) is 0 Å². The van der Waals surface area contributed by atoms with E-state index in [1.165, 1.54) is 27.8 Å². The summed E-state index contributed by atoms with van der Waals surface area (Å²) in [7, 11) is 6.21. The van der Waals surface area contributed by atoms with Crippen molar-refractivity contribution in [1.29, 1.82) is 0 Å². The van der Waals surface area contributed by atoms with Gasteiger partial charge in [-0.05, 0) is 78.2 Å². The second kappa shape index (κ2) is 10.1. The number of benzene rings is 2. The summed E-state index contributed by atoms with van der Waals surface area (Å²) >= 11 is 0. The van der Waals surface area contributed by atoms with Gasteiger partial charge in [0.15, 0.2) is 0 Å². The average Bonchev–Trinajstić information content (AvgIpc) is 2.40. The molecule has 2 rings (SSSR count). The van der Waals surface area contributed by atoms with Crippen LogP contribution in [0.2, 0.25) is 0 Å². The Morgan fingerprint density at radius 1 is 0.682 bits per heavy atom. The van der Waals surface area contributed by atoms with Gasteiger partial charge in [-0.25, -0.2) is 0 Å². The largest absolute Gasteiger partial charge is 0.497 e. The molecule has 0 spiro atoms. The van der Waals surface area contributed by atoms with Crippen LogP contribution in [0.15, 0.2) is 24.3 Å². The van der Waals surface area contributed by atoms with Gasteiger partial charge in [-0.15, -0.1) is 9.24 Å². The number of methoxy groups -OCH3 is 2. The Morgan fingerprint density at radius 2 is 1.05 bits per heavy atom. The van der Waals surface area contributed by atoms with Crippen molar-refractivity contribution in [2.45, 2.75) is 20.8 Å². The van der Waals surface area contributed by atoms with Gasteiger partial charge in [0.05, 0.1) is 14.2 Å². The van der Waals surface area contributed by atoms with E-state index in [4.69, 9.17) is 9.47 Å². The molecule has 1 unspecified atom stereocenters. The third-order valence-corrected chi connectivity index (χ3v) is 4.02. The van der Waals surface area contributed by atoms with Crippen LogP contribution in [0.3, 0.4) is 0 Å². The van der Waals surface area contributed by atoms with Crippen molar-refractivity contribution < 1.29 is 85.0 Å². The molecular formula is C17H21Ar2O2P. The number of rotatable bonds is 3. The zero-order valence-electron chi connectivity index (χ0n) is 13.4. The summed E-state index contributed by atoms with van der Waals surface area (Å²) in [6.07, 6.45) is 0. The van der Waals surface area contributed by atoms with Crippen molar-refractivity contribution in [3.05, 3.63) is 41.0 Å². The number of hydrogen-bond donors (Lipinski definition) is 0. The number of hydrogen-bond acceptors (Lipinski definition) is 2. The minimum absolute atomic E-state index is 0. The molecule has 0 aliphatic heterocycles. The summed E-state index contributed by atoms with van der Waals surface area (Å²) in [5, 5.41) is 1.15. The van der Waals surface area contributed by atoms with Crippen LogP contribution < -0.4 is 14.8 Å². The fourth-order valence-electron chi connectivity index (χ4n) is 2.68. The predicted octanol–water partition coefficient (Wildman–Crippen LogP) is 3.80. The van der Waals surface area contributed by atoms with Crippen molar-refractivity contribution in [2.75, 3.05) is 14.2 Å². The minimum atomic E-state index is 0. The molecule has 1 atom stereocenters. The van der Waals surface area contributed by atoms with Crippen molar-refractivity contribution in [2.24, 2.45) is 0 Å². The number of aryl methyl sites for hydroxylation is 3. The standard InChI is InChI=1S/C17H21O2P.2Ar/c1-10-6-13(18-4)7-11(2)16(10)17-12(3)8-14(19-5)9-15(17)20;;/h6-9H,20H2,1-5H3;;. The predicted molar refractivity (Wildman–Crippen MR) is 88.5 cm³/mol. The first-order valence-electron chi connectivity index (χ1n) is 6.57. The van der Waals surface area contributed by atoms with Gasteiger partial charge in [0.25, 0.3) is 0 Å². The Hall–Kier alpha value is 0.989. The van der Waals surface area contributed by atoms with Crippen LogP contribution in [-0.4, -0.2) is 14.2 Å². The normalized spacial score (nSPS) is 9.55. The molecule has 122 valence electrons. The summed E-state index contributed by atoms with van der Waals surface area (Å²) < 4.78 is 10.7. The SMILES string of the molecule is COc1cc(C)c(-c2c(C)cc(OC)cc2P)c(C)c1.[Ar].[Ar]. The molecule has 0 bridgehead atoms. The van der Waals surface area contributed by atoms with E-state index in [0.717, 1.165) is 16.8 Å². The topological polar surface area (TPSA) is 18.5 Å². The third-order valence-electron chi connectivity index (χ3n) is 3.57. The molecule has 0 aliphatic carbocycles. The van der Waals surface area contributed by atoms with Gasteiger partial charge in [0.1, 0.15) is 11.5 Å². The summed E-state index contributed by atoms with van der Waals surface area (Å²) in [5.41, 5.74) is 6.19. The van der Waals surface area contributed by atoms with Crippen LogP contribution >= 0.6 is 9.24 Å². The van der Waals surface area contributed by atoms with E-state index in [0.29, 0.717) is 0 Å². The van der Waals surface area contributed by atoms with Gasteiger partial charge in [-0.1, -0.05) is 0 Å². The molecule has 5 heteroatoms. The molecule has 0 aliphatic rings. The molecule has 0 heterocycles. The second-order valence-electron chi connectivity index (χ2n) is 5.04. The third kappa shape index (κ3) is 4.99. The first-order chi connectivity index (χ1) is 9.47. The van der Waals surface area contributed by atoms with Gasteiger partial charge in [-0.2, -0.15) is 0 Å². The van der Waals surface area contributed by atoms with E-state index in [-0.39, 0.29) is 75.5 Å². The van der Waals surface area contributed by atoms with E-state index in [2.05, 4.69) is 54.3 Å². The minimum Gasteiger partial charge on any atom is -0.497 e. The molecule has 0 fully saturated rings. The van der Waals surface area contributed by atoms with E-state index < -0.39 is 0 Å². The van der Waals surface area contributed by atoms with E-state index >= 15 is 0 Å². The molecule has 0 saturated heterocycles. The Bertz CT molecular complexity index is 554. The van der Waals surface area contributed by atoms with Crippen molar-refractivity contribution in [1.82, 2.24) is 0 Å². The molecule has 0 aromatic heterocycles. The fourth-order valence-corrected chi connectivity index (χ4v) is 3.21. The molecule has 0 saturated carbocycles. The summed E-state index contributed by atoms with van der Waals surface area (Å²) in [4.78, 5) is 0. The quantitative estimate of drug-likeness (QED) is 0.768. The molecule has 2 aromatic carbocycles. The summed E-state index contributed by atoms with van der Waals surface area (Å²) in [5.74, 6) is 1.79. The first kappa shape index (κ1) is 23.0. The zero-order valence-corrected chi connectivity index (χ0v) is 16.0. The Balaban J connectivity index is 0.00000220. The second-order valence-corrected chi connectivity index (χ2v) is 5.67. The monoisotopic (exact) mass is 368 g/mol. The van der Waals surface area contributed by atoms with E-state index in [1.54, 1.807) is 14.2 Å². The maximum atomic E-state index is 5.34. The van der Waals surface area contributed by atoms with Crippen LogP contribution in [0, 0.1) is 96.2 Å². The van der Waals surface area contributed by atoms with Gasteiger partial charge in [0, 0.05) is 75.5 Å². The van der Waals surface area contributed by atoms with Crippen LogP contribution in [0.5, 0.6) is 11.5 Å². The Morgan fingerprint density at radius 3 is 1.41 bits per heavy atom. The van der Waals surface area contributed by atoms with E-state index in [1.807, 2.05) is 0 Å². The smallest absolute Gasteiger partial charge is 0.119 e. The number of ether oxygens (including phenoxy) is 2. The van der Waals surface area contributed by atoms with Gasteiger partial charge < -0.3 is 9.47 Å². The maximum Gasteiger partial charge on any atom is 0.119 e. The van der Waals surface area contributed by atoms with Crippen LogP contribution in [0.4, 0.5) is 0 Å². The molecule has 0 N–H and O–H groups in total. The molecule has 0 amide bonds.